The molecule has 13 heteroatoms. The second kappa shape index (κ2) is 9.91. The van der Waals surface area contributed by atoms with E-state index in [1.807, 2.05) is 11.9 Å². The van der Waals surface area contributed by atoms with E-state index in [1.54, 1.807) is 25.7 Å². The molecule has 200 valence electrons. The number of aromatic nitrogens is 2. The highest BCUT2D eigenvalue weighted by atomic mass is 19.4. The molecule has 0 aliphatic carbocycles. The van der Waals surface area contributed by atoms with Crippen molar-refractivity contribution in [2.45, 2.75) is 64.5 Å². The molecule has 3 aliphatic rings. The molecular formula is C23H33F3N6O4. The van der Waals surface area contributed by atoms with Crippen LogP contribution in [0, 0.1) is 0 Å². The molecule has 2 saturated heterocycles. The summed E-state index contributed by atoms with van der Waals surface area (Å²) in [5, 5.41) is 0. The van der Waals surface area contributed by atoms with Gasteiger partial charge in [0.15, 0.2) is 0 Å². The molecule has 36 heavy (non-hydrogen) atoms. The van der Waals surface area contributed by atoms with Crippen LogP contribution in [0.15, 0.2) is 0 Å². The number of nitrogens with zero attached hydrogens (tertiary/aromatic N) is 6. The zero-order valence-corrected chi connectivity index (χ0v) is 21.1. The number of hydrogen-bond acceptors (Lipinski definition) is 8. The van der Waals surface area contributed by atoms with Gasteiger partial charge in [-0.25, -0.2) is 4.79 Å². The number of anilines is 1. The number of amides is 2. The van der Waals surface area contributed by atoms with E-state index in [-0.39, 0.29) is 25.1 Å². The van der Waals surface area contributed by atoms with Gasteiger partial charge in [-0.1, -0.05) is 0 Å². The van der Waals surface area contributed by atoms with Crippen LogP contribution in [0.2, 0.25) is 0 Å². The smallest absolute Gasteiger partial charge is 0.462 e. The Morgan fingerprint density at radius 2 is 1.69 bits per heavy atom. The molecule has 0 radical (unpaired) electrons. The van der Waals surface area contributed by atoms with Crippen LogP contribution in [-0.4, -0.2) is 101 Å². The molecule has 4 rings (SSSR count). The quantitative estimate of drug-likeness (QED) is 0.605. The van der Waals surface area contributed by atoms with Crippen LogP contribution in [-0.2, 0) is 22.6 Å². The van der Waals surface area contributed by atoms with E-state index >= 15 is 0 Å². The van der Waals surface area contributed by atoms with Crippen molar-refractivity contribution in [3.8, 4) is 6.01 Å². The van der Waals surface area contributed by atoms with Crippen molar-refractivity contribution in [1.82, 2.24) is 24.7 Å². The van der Waals surface area contributed by atoms with Crippen molar-refractivity contribution in [2.75, 3.05) is 51.3 Å². The van der Waals surface area contributed by atoms with Gasteiger partial charge in [-0.15, -0.1) is 0 Å². The number of rotatable bonds is 4. The first-order valence-corrected chi connectivity index (χ1v) is 12.1. The Labute approximate surface area is 208 Å². The highest BCUT2D eigenvalue weighted by Gasteiger charge is 2.45. The molecule has 1 atom stereocenters. The average Bonchev–Trinajstić information content (AvgIpc) is 3.40. The number of likely N-dealkylation sites (tertiary alicyclic amines) is 1. The van der Waals surface area contributed by atoms with E-state index < -0.39 is 23.8 Å². The number of alkyl halides is 3. The molecule has 0 bridgehead atoms. The number of fused-ring (bicyclic) bond motifs is 1. The Hall–Kier alpha value is -2.83. The predicted octanol–water partition coefficient (Wildman–Crippen LogP) is 2.41. The maximum atomic E-state index is 13.1. The summed E-state index contributed by atoms with van der Waals surface area (Å²) in [6.45, 7) is 7.76. The lowest BCUT2D eigenvalue weighted by atomic mass is 10.2. The Balaban J connectivity index is 1.52. The lowest BCUT2D eigenvalue weighted by Gasteiger charge is -2.36. The van der Waals surface area contributed by atoms with Crippen LogP contribution in [0.1, 0.15) is 44.9 Å². The number of halogens is 3. The normalized spacial score (nSPS) is 21.1. The maximum absolute atomic E-state index is 13.1. The van der Waals surface area contributed by atoms with Gasteiger partial charge >= 0.3 is 24.2 Å². The van der Waals surface area contributed by atoms with Crippen LogP contribution in [0.4, 0.5) is 23.8 Å². The van der Waals surface area contributed by atoms with Crippen molar-refractivity contribution in [2.24, 2.45) is 0 Å². The number of ether oxygens (including phenoxy) is 2. The summed E-state index contributed by atoms with van der Waals surface area (Å²) in [5.41, 5.74) is 0.209. The zero-order chi connectivity index (χ0) is 26.3. The number of likely N-dealkylation sites (N-methyl/N-ethyl adjacent to an activating group) is 1. The first-order valence-electron chi connectivity index (χ1n) is 12.1. The van der Waals surface area contributed by atoms with E-state index in [4.69, 9.17) is 9.47 Å². The van der Waals surface area contributed by atoms with Gasteiger partial charge < -0.3 is 29.1 Å². The van der Waals surface area contributed by atoms with Crippen molar-refractivity contribution in [3.05, 3.63) is 11.3 Å². The van der Waals surface area contributed by atoms with Crippen molar-refractivity contribution >= 4 is 17.8 Å². The minimum Gasteiger partial charge on any atom is -0.462 e. The van der Waals surface area contributed by atoms with Crippen LogP contribution < -0.4 is 9.64 Å². The molecule has 2 fully saturated rings. The third-order valence-electron chi connectivity index (χ3n) is 6.58. The molecule has 1 aromatic heterocycles. The fourth-order valence-electron chi connectivity index (χ4n) is 4.65. The molecule has 0 unspecified atom stereocenters. The fraction of sp³-hybridized carbons (Fsp3) is 0.739. The highest BCUT2D eigenvalue weighted by molar-refractivity contribution is 5.82. The first-order chi connectivity index (χ1) is 16.8. The number of carbonyl (C=O) groups is 2. The highest BCUT2D eigenvalue weighted by Crippen LogP contribution is 2.34. The minimum atomic E-state index is -4.97. The molecule has 0 N–H and O–H groups in total. The van der Waals surface area contributed by atoms with Crippen molar-refractivity contribution in [1.29, 1.82) is 0 Å². The lowest BCUT2D eigenvalue weighted by Crippen LogP contribution is -2.50. The van der Waals surface area contributed by atoms with E-state index in [9.17, 15) is 22.8 Å². The van der Waals surface area contributed by atoms with Gasteiger partial charge in [0.2, 0.25) is 0 Å². The van der Waals surface area contributed by atoms with Gasteiger partial charge in [-0.2, -0.15) is 23.1 Å². The van der Waals surface area contributed by atoms with Crippen molar-refractivity contribution < 1.29 is 32.2 Å². The predicted molar refractivity (Wildman–Crippen MR) is 124 cm³/mol. The summed E-state index contributed by atoms with van der Waals surface area (Å²) in [5.74, 6) is -1.47. The zero-order valence-electron chi connectivity index (χ0n) is 21.1. The summed E-state index contributed by atoms with van der Waals surface area (Å²) in [6, 6.07) is 0.297. The molecule has 1 aromatic rings. The molecule has 10 nitrogen and oxygen atoms in total. The van der Waals surface area contributed by atoms with Gasteiger partial charge in [0.05, 0.1) is 18.8 Å². The van der Waals surface area contributed by atoms with E-state index in [0.29, 0.717) is 49.9 Å². The van der Waals surface area contributed by atoms with Crippen molar-refractivity contribution in [3.63, 3.8) is 0 Å². The topological polar surface area (TPSA) is 91.3 Å². The Bertz CT molecular complexity index is 991. The standard InChI is InChI=1S/C23H33F3N6O4/c1-22(2,3)36-21(34)31-10-8-30(9-11-31)18-16-12-32(19(33)23(24,25)26)13-17(16)27-20(28-18)35-14-15-6-5-7-29(15)4/h15H,5-14H2,1-4H3/t15-/m0/s1. The molecule has 2 amide bonds. The maximum Gasteiger partial charge on any atom is 0.471 e. The Morgan fingerprint density at radius 1 is 1.00 bits per heavy atom. The molecule has 0 spiro atoms. The first kappa shape index (κ1) is 26.2. The summed E-state index contributed by atoms with van der Waals surface area (Å²) in [6.07, 6.45) is -3.34. The largest absolute Gasteiger partial charge is 0.471 e. The average molecular weight is 515 g/mol. The number of piperazine rings is 1. The lowest BCUT2D eigenvalue weighted by molar-refractivity contribution is -0.186. The van der Waals surface area contributed by atoms with E-state index in [0.717, 1.165) is 24.3 Å². The van der Waals surface area contributed by atoms with Gasteiger partial charge in [0.25, 0.3) is 0 Å². The number of hydrogen-bond donors (Lipinski definition) is 0. The van der Waals surface area contributed by atoms with E-state index in [1.165, 1.54) is 0 Å². The van der Waals surface area contributed by atoms with Crippen LogP contribution >= 0.6 is 0 Å². The van der Waals surface area contributed by atoms with Gasteiger partial charge in [-0.3, -0.25) is 4.79 Å². The third kappa shape index (κ3) is 5.93. The second-order valence-corrected chi connectivity index (χ2v) is 10.5. The summed E-state index contributed by atoms with van der Waals surface area (Å²) >= 11 is 0. The van der Waals surface area contributed by atoms with Crippen LogP contribution in [0.3, 0.4) is 0 Å². The molecule has 0 saturated carbocycles. The Kier molecular flexibility index (Phi) is 7.22. The van der Waals surface area contributed by atoms with Gasteiger partial charge in [0, 0.05) is 37.8 Å². The van der Waals surface area contributed by atoms with Crippen LogP contribution in [0.5, 0.6) is 6.01 Å². The minimum absolute atomic E-state index is 0.0833. The molecule has 0 aromatic carbocycles. The monoisotopic (exact) mass is 514 g/mol. The number of carbonyl (C=O) groups excluding carboxylic acids is 2. The summed E-state index contributed by atoms with van der Waals surface area (Å²) < 4.78 is 50.7. The van der Waals surface area contributed by atoms with Gasteiger partial charge in [-0.05, 0) is 47.2 Å². The third-order valence-corrected chi connectivity index (χ3v) is 6.58. The summed E-state index contributed by atoms with van der Waals surface area (Å²) in [7, 11) is 2.01. The van der Waals surface area contributed by atoms with Crippen LogP contribution in [0.25, 0.3) is 0 Å². The molecule has 3 aliphatic heterocycles. The van der Waals surface area contributed by atoms with E-state index in [2.05, 4.69) is 14.9 Å². The molecular weight excluding hydrogens is 481 g/mol. The fourth-order valence-corrected chi connectivity index (χ4v) is 4.65. The SMILES string of the molecule is CN1CCC[C@H]1COc1nc2c(c(N3CCN(C(=O)OC(C)(C)C)CC3)n1)CN(C(=O)C(F)(F)F)C2. The molecule has 4 heterocycles. The second-order valence-electron chi connectivity index (χ2n) is 10.5. The summed E-state index contributed by atoms with van der Waals surface area (Å²) in [4.78, 5) is 39.7. The van der Waals surface area contributed by atoms with Gasteiger partial charge in [0.1, 0.15) is 18.0 Å². The Morgan fingerprint density at radius 3 is 2.28 bits per heavy atom.